The van der Waals surface area contributed by atoms with E-state index in [9.17, 15) is 4.79 Å². The van der Waals surface area contributed by atoms with Crippen LogP contribution >= 0.6 is 24.0 Å². The summed E-state index contributed by atoms with van der Waals surface area (Å²) in [6.07, 6.45) is -1.38. The quantitative estimate of drug-likeness (QED) is 0.783. The molecular formula is C16H19Cl2N3O3. The number of hydrogen-bond acceptors (Lipinski definition) is 5. The molecule has 1 aromatic heterocycles. The predicted octanol–water partition coefficient (Wildman–Crippen LogP) is 4.43. The molecule has 0 unspecified atom stereocenters. The first-order chi connectivity index (χ1) is 11.0. The van der Waals surface area contributed by atoms with Gasteiger partial charge < -0.3 is 14.7 Å². The molecule has 2 rings (SSSR count). The molecule has 0 radical (unpaired) electrons. The van der Waals surface area contributed by atoms with Gasteiger partial charge in [0.05, 0.1) is 5.69 Å². The van der Waals surface area contributed by atoms with Gasteiger partial charge in [0.1, 0.15) is 0 Å². The van der Waals surface area contributed by atoms with Crippen LogP contribution in [0.5, 0.6) is 5.75 Å². The van der Waals surface area contributed by atoms with Crippen molar-refractivity contribution in [3.05, 3.63) is 35.0 Å². The summed E-state index contributed by atoms with van der Waals surface area (Å²) in [6.45, 7) is 6.97. The normalized spacial score (nSPS) is 10.0. The van der Waals surface area contributed by atoms with Crippen molar-refractivity contribution in [3.8, 4) is 17.1 Å². The average Bonchev–Trinajstić information content (AvgIpc) is 2.51. The Hall–Kier alpha value is -2.05. The number of hydrogen-bond donors (Lipinski definition) is 1. The van der Waals surface area contributed by atoms with Crippen LogP contribution < -0.4 is 9.64 Å². The molecule has 0 spiro atoms. The average molecular weight is 372 g/mol. The lowest BCUT2D eigenvalue weighted by Crippen LogP contribution is -2.25. The summed E-state index contributed by atoms with van der Waals surface area (Å²) < 4.78 is 4.90. The summed E-state index contributed by atoms with van der Waals surface area (Å²) in [5, 5.41) is 9.57. The largest absolute Gasteiger partial charge is 0.511 e. The Morgan fingerprint density at radius 3 is 2.29 bits per heavy atom. The zero-order chi connectivity index (χ0) is 17.0. The van der Waals surface area contributed by atoms with Gasteiger partial charge in [0.2, 0.25) is 0 Å². The first kappa shape index (κ1) is 20.0. The van der Waals surface area contributed by atoms with Crippen molar-refractivity contribution in [1.29, 1.82) is 0 Å². The third-order valence-electron chi connectivity index (χ3n) is 3.37. The monoisotopic (exact) mass is 371 g/mol. The van der Waals surface area contributed by atoms with Crippen LogP contribution in [0, 0.1) is 6.92 Å². The zero-order valence-electron chi connectivity index (χ0n) is 13.6. The summed E-state index contributed by atoms with van der Waals surface area (Å²) in [5.74, 6) is 1.13. The standard InChI is InChI=1S/C16H18ClN3O3.ClH/c1-4-20(5-2)15-13(23-16(21)22)10(3)18-14(19-15)11-6-8-12(17)9-7-11;/h6-9H,4-5H2,1-3H3,(H,21,22);1H. The minimum absolute atomic E-state index is 0. The van der Waals surface area contributed by atoms with Crippen LogP contribution in [0.3, 0.4) is 0 Å². The van der Waals surface area contributed by atoms with E-state index in [0.717, 1.165) is 5.56 Å². The summed E-state index contributed by atoms with van der Waals surface area (Å²) in [5.41, 5.74) is 1.27. The fourth-order valence-corrected chi connectivity index (χ4v) is 2.35. The molecule has 2 aromatic rings. The van der Waals surface area contributed by atoms with Crippen LogP contribution in [-0.2, 0) is 0 Å². The number of halogens is 2. The molecule has 8 heteroatoms. The maximum atomic E-state index is 11.0. The molecule has 6 nitrogen and oxygen atoms in total. The fraction of sp³-hybridized carbons (Fsp3) is 0.312. The number of carboxylic acid groups (broad SMARTS) is 1. The Balaban J connectivity index is 0.00000288. The molecule has 0 saturated heterocycles. The number of rotatable bonds is 5. The molecule has 1 heterocycles. The van der Waals surface area contributed by atoms with Crippen molar-refractivity contribution in [2.75, 3.05) is 18.0 Å². The van der Waals surface area contributed by atoms with Crippen molar-refractivity contribution in [3.63, 3.8) is 0 Å². The second-order valence-electron chi connectivity index (χ2n) is 4.83. The Bertz CT molecular complexity index is 704. The molecular weight excluding hydrogens is 353 g/mol. The Labute approximate surface area is 151 Å². The highest BCUT2D eigenvalue weighted by Gasteiger charge is 2.20. The van der Waals surface area contributed by atoms with Gasteiger partial charge in [0, 0.05) is 23.7 Å². The van der Waals surface area contributed by atoms with Gasteiger partial charge in [0.25, 0.3) is 0 Å². The van der Waals surface area contributed by atoms with Crippen LogP contribution in [0.2, 0.25) is 5.02 Å². The summed E-state index contributed by atoms with van der Waals surface area (Å²) in [6, 6.07) is 7.16. The SMILES string of the molecule is CCN(CC)c1nc(-c2ccc(Cl)cc2)nc(C)c1OC(=O)O.Cl. The van der Waals surface area contributed by atoms with Crippen LogP contribution in [-0.4, -0.2) is 34.3 Å². The third-order valence-corrected chi connectivity index (χ3v) is 3.62. The number of carbonyl (C=O) groups is 1. The lowest BCUT2D eigenvalue weighted by molar-refractivity contribution is 0.144. The molecule has 0 atom stereocenters. The highest BCUT2D eigenvalue weighted by Crippen LogP contribution is 2.32. The van der Waals surface area contributed by atoms with E-state index in [2.05, 4.69) is 9.97 Å². The molecule has 0 bridgehead atoms. The second-order valence-corrected chi connectivity index (χ2v) is 5.27. The number of nitrogens with zero attached hydrogens (tertiary/aromatic N) is 3. The Morgan fingerprint density at radius 2 is 1.79 bits per heavy atom. The van der Waals surface area contributed by atoms with E-state index in [4.69, 9.17) is 21.4 Å². The highest BCUT2D eigenvalue weighted by molar-refractivity contribution is 6.30. The van der Waals surface area contributed by atoms with Gasteiger partial charge in [-0.2, -0.15) is 0 Å². The molecule has 1 N–H and O–H groups in total. The summed E-state index contributed by atoms with van der Waals surface area (Å²) in [7, 11) is 0. The lowest BCUT2D eigenvalue weighted by atomic mass is 10.2. The molecule has 0 aliphatic carbocycles. The minimum Gasteiger partial charge on any atom is -0.449 e. The van der Waals surface area contributed by atoms with E-state index in [0.29, 0.717) is 35.4 Å². The Morgan fingerprint density at radius 1 is 1.21 bits per heavy atom. The minimum atomic E-state index is -1.38. The maximum absolute atomic E-state index is 11.0. The van der Waals surface area contributed by atoms with Crippen molar-refractivity contribution in [1.82, 2.24) is 9.97 Å². The van der Waals surface area contributed by atoms with Gasteiger partial charge >= 0.3 is 6.16 Å². The van der Waals surface area contributed by atoms with E-state index in [1.54, 1.807) is 19.1 Å². The summed E-state index contributed by atoms with van der Waals surface area (Å²) in [4.78, 5) is 21.8. The Kier molecular flexibility index (Phi) is 7.25. The molecule has 24 heavy (non-hydrogen) atoms. The number of anilines is 1. The van der Waals surface area contributed by atoms with Crippen molar-refractivity contribution in [2.24, 2.45) is 0 Å². The van der Waals surface area contributed by atoms with Gasteiger partial charge in [-0.3, -0.25) is 0 Å². The first-order valence-electron chi connectivity index (χ1n) is 7.26. The number of aryl methyl sites for hydroxylation is 1. The third kappa shape index (κ3) is 4.49. The van der Waals surface area contributed by atoms with Crippen LogP contribution in [0.15, 0.2) is 24.3 Å². The second kappa shape index (κ2) is 8.70. The van der Waals surface area contributed by atoms with Gasteiger partial charge in [-0.1, -0.05) is 11.6 Å². The molecule has 0 aliphatic rings. The van der Waals surface area contributed by atoms with E-state index in [1.165, 1.54) is 0 Å². The molecule has 0 saturated carbocycles. The number of ether oxygens (including phenoxy) is 1. The highest BCUT2D eigenvalue weighted by atomic mass is 35.5. The van der Waals surface area contributed by atoms with Gasteiger partial charge in [0.15, 0.2) is 17.4 Å². The van der Waals surface area contributed by atoms with Gasteiger partial charge in [-0.05, 0) is 45.0 Å². The molecule has 1 aromatic carbocycles. The first-order valence-corrected chi connectivity index (χ1v) is 7.64. The smallest absolute Gasteiger partial charge is 0.449 e. The van der Waals surface area contributed by atoms with Gasteiger partial charge in [-0.15, -0.1) is 12.4 Å². The fourth-order valence-electron chi connectivity index (χ4n) is 2.22. The van der Waals surface area contributed by atoms with Crippen LogP contribution in [0.25, 0.3) is 11.4 Å². The van der Waals surface area contributed by atoms with Crippen molar-refractivity contribution in [2.45, 2.75) is 20.8 Å². The number of aromatic nitrogens is 2. The summed E-state index contributed by atoms with van der Waals surface area (Å²) >= 11 is 5.91. The van der Waals surface area contributed by atoms with E-state index >= 15 is 0 Å². The van der Waals surface area contributed by atoms with E-state index in [-0.39, 0.29) is 18.2 Å². The topological polar surface area (TPSA) is 75.5 Å². The van der Waals surface area contributed by atoms with Crippen LogP contribution in [0.4, 0.5) is 10.6 Å². The predicted molar refractivity (Wildman–Crippen MR) is 96.7 cm³/mol. The lowest BCUT2D eigenvalue weighted by Gasteiger charge is -2.23. The number of benzene rings is 1. The van der Waals surface area contributed by atoms with Gasteiger partial charge in [-0.25, -0.2) is 14.8 Å². The van der Waals surface area contributed by atoms with E-state index < -0.39 is 6.16 Å². The molecule has 0 amide bonds. The molecule has 130 valence electrons. The maximum Gasteiger partial charge on any atom is 0.511 e. The van der Waals surface area contributed by atoms with Crippen molar-refractivity contribution < 1.29 is 14.6 Å². The molecule has 0 fully saturated rings. The van der Waals surface area contributed by atoms with Crippen LogP contribution in [0.1, 0.15) is 19.5 Å². The van der Waals surface area contributed by atoms with Crippen molar-refractivity contribution >= 4 is 36.0 Å². The van der Waals surface area contributed by atoms with E-state index in [1.807, 2.05) is 30.9 Å². The molecule has 0 aliphatic heterocycles. The zero-order valence-corrected chi connectivity index (χ0v) is 15.2.